The molecule has 1 aromatic carbocycles. The largest absolute Gasteiger partial charge is 0.444 e. The summed E-state index contributed by atoms with van der Waals surface area (Å²) in [6.07, 6.45) is 2.04. The second-order valence-corrected chi connectivity index (χ2v) is 7.47. The minimum Gasteiger partial charge on any atom is -0.444 e. The number of rotatable bonds is 3. The van der Waals surface area contributed by atoms with Crippen molar-refractivity contribution >= 4 is 23.6 Å². The van der Waals surface area contributed by atoms with E-state index in [9.17, 15) is 9.59 Å². The number of hydrogen-bond donors (Lipinski definition) is 1. The Labute approximate surface area is 148 Å². The molecule has 1 atom stereocenters. The lowest BCUT2D eigenvalue weighted by atomic mass is 10.0. The van der Waals surface area contributed by atoms with Crippen molar-refractivity contribution in [2.24, 2.45) is 0 Å². The van der Waals surface area contributed by atoms with Gasteiger partial charge >= 0.3 is 6.09 Å². The number of ether oxygens (including phenoxy) is 1. The first kappa shape index (κ1) is 18.6. The molecular weight excluding hydrogens is 328 g/mol. The topological polar surface area (TPSA) is 58.6 Å². The van der Waals surface area contributed by atoms with E-state index in [0.717, 1.165) is 18.4 Å². The van der Waals surface area contributed by atoms with Crippen LogP contribution in [0.25, 0.3) is 0 Å². The summed E-state index contributed by atoms with van der Waals surface area (Å²) in [6, 6.07) is 6.87. The van der Waals surface area contributed by atoms with Crippen LogP contribution < -0.4 is 5.32 Å². The highest BCUT2D eigenvalue weighted by Gasteiger charge is 2.34. The Morgan fingerprint density at radius 3 is 2.75 bits per heavy atom. The molecule has 1 aliphatic heterocycles. The first-order valence-electron chi connectivity index (χ1n) is 8.28. The second-order valence-electron chi connectivity index (χ2n) is 7.03. The predicted octanol–water partition coefficient (Wildman–Crippen LogP) is 3.75. The van der Waals surface area contributed by atoms with E-state index in [0.29, 0.717) is 24.5 Å². The molecule has 0 bridgehead atoms. The maximum atomic E-state index is 12.5. The van der Waals surface area contributed by atoms with Gasteiger partial charge in [0.1, 0.15) is 11.6 Å². The lowest BCUT2D eigenvalue weighted by molar-refractivity contribution is -0.127. The number of carbonyl (C=O) groups is 2. The molecule has 0 saturated carbocycles. The summed E-state index contributed by atoms with van der Waals surface area (Å²) in [7, 11) is 0. The van der Waals surface area contributed by atoms with Crippen LogP contribution in [0.3, 0.4) is 0 Å². The summed E-state index contributed by atoms with van der Waals surface area (Å²) in [5, 5.41) is 3.53. The van der Waals surface area contributed by atoms with Crippen molar-refractivity contribution in [2.75, 3.05) is 6.54 Å². The van der Waals surface area contributed by atoms with Crippen LogP contribution in [0.15, 0.2) is 24.3 Å². The van der Waals surface area contributed by atoms with Gasteiger partial charge in [0.05, 0.1) is 0 Å². The van der Waals surface area contributed by atoms with Crippen molar-refractivity contribution in [1.29, 1.82) is 0 Å². The van der Waals surface area contributed by atoms with E-state index in [2.05, 4.69) is 5.32 Å². The zero-order valence-electron chi connectivity index (χ0n) is 14.5. The number of benzene rings is 1. The van der Waals surface area contributed by atoms with Crippen molar-refractivity contribution < 1.29 is 14.3 Å². The predicted molar refractivity (Wildman–Crippen MR) is 93.9 cm³/mol. The number of nitrogens with one attached hydrogen (secondary N) is 1. The van der Waals surface area contributed by atoms with Gasteiger partial charge < -0.3 is 10.1 Å². The van der Waals surface area contributed by atoms with Crippen LogP contribution in [0.2, 0.25) is 5.02 Å². The lowest BCUT2D eigenvalue weighted by Gasteiger charge is -2.35. The Balaban J connectivity index is 1.98. The highest BCUT2D eigenvalue weighted by Crippen LogP contribution is 2.21. The third kappa shape index (κ3) is 5.41. The summed E-state index contributed by atoms with van der Waals surface area (Å²) in [4.78, 5) is 26.4. The van der Waals surface area contributed by atoms with Gasteiger partial charge in [-0.25, -0.2) is 4.79 Å². The van der Waals surface area contributed by atoms with E-state index in [-0.39, 0.29) is 5.91 Å². The molecule has 0 radical (unpaired) electrons. The third-order valence-corrected chi connectivity index (χ3v) is 4.02. The van der Waals surface area contributed by atoms with E-state index in [1.165, 1.54) is 0 Å². The fraction of sp³-hybridized carbons (Fsp3) is 0.556. The molecule has 24 heavy (non-hydrogen) atoms. The van der Waals surface area contributed by atoms with Crippen molar-refractivity contribution in [3.8, 4) is 0 Å². The molecule has 132 valence electrons. The lowest BCUT2D eigenvalue weighted by Crippen LogP contribution is -2.52. The van der Waals surface area contributed by atoms with Crippen LogP contribution in [-0.4, -0.2) is 35.1 Å². The number of amides is 2. The fourth-order valence-corrected chi connectivity index (χ4v) is 2.91. The smallest absolute Gasteiger partial charge is 0.410 e. The standard InChI is InChI=1S/C18H25ClN2O3/c1-18(2,3)24-17(23)21-10-5-4-9-15(21)16(22)20-12-13-7-6-8-14(19)11-13/h6-8,11,15H,4-5,9-10,12H2,1-3H3,(H,20,22). The van der Waals surface area contributed by atoms with Gasteiger partial charge in [-0.1, -0.05) is 23.7 Å². The number of hydrogen-bond acceptors (Lipinski definition) is 3. The van der Waals surface area contributed by atoms with E-state index in [1.54, 1.807) is 11.0 Å². The first-order chi connectivity index (χ1) is 11.3. The highest BCUT2D eigenvalue weighted by molar-refractivity contribution is 6.30. The van der Waals surface area contributed by atoms with Gasteiger partial charge in [0.2, 0.25) is 5.91 Å². The highest BCUT2D eigenvalue weighted by atomic mass is 35.5. The molecule has 1 saturated heterocycles. The fourth-order valence-electron chi connectivity index (χ4n) is 2.70. The summed E-state index contributed by atoms with van der Waals surface area (Å²) >= 11 is 5.95. The quantitative estimate of drug-likeness (QED) is 0.901. The van der Waals surface area contributed by atoms with Crippen LogP contribution in [-0.2, 0) is 16.1 Å². The van der Waals surface area contributed by atoms with E-state index >= 15 is 0 Å². The van der Waals surface area contributed by atoms with Gasteiger partial charge in [0, 0.05) is 18.1 Å². The minimum atomic E-state index is -0.573. The average molecular weight is 353 g/mol. The molecule has 1 unspecified atom stereocenters. The van der Waals surface area contributed by atoms with Crippen LogP contribution in [0.1, 0.15) is 45.6 Å². The zero-order valence-corrected chi connectivity index (χ0v) is 15.2. The Morgan fingerprint density at radius 2 is 2.08 bits per heavy atom. The van der Waals surface area contributed by atoms with Gasteiger partial charge in [-0.3, -0.25) is 9.69 Å². The molecule has 1 aliphatic rings. The molecule has 6 heteroatoms. The summed E-state index contributed by atoms with van der Waals surface area (Å²) in [5.41, 5.74) is 0.353. The number of nitrogens with zero attached hydrogens (tertiary/aromatic N) is 1. The first-order valence-corrected chi connectivity index (χ1v) is 8.66. The van der Waals surface area contributed by atoms with Crippen LogP contribution in [0.5, 0.6) is 0 Å². The molecule has 0 aliphatic carbocycles. The molecule has 1 aromatic rings. The molecule has 5 nitrogen and oxygen atoms in total. The maximum Gasteiger partial charge on any atom is 0.410 e. The van der Waals surface area contributed by atoms with Gasteiger partial charge in [-0.15, -0.1) is 0 Å². The van der Waals surface area contributed by atoms with E-state index in [4.69, 9.17) is 16.3 Å². The van der Waals surface area contributed by atoms with Crippen molar-refractivity contribution in [3.63, 3.8) is 0 Å². The van der Waals surface area contributed by atoms with Gasteiger partial charge in [-0.2, -0.15) is 0 Å². The molecule has 0 aromatic heterocycles. The molecular formula is C18H25ClN2O3. The SMILES string of the molecule is CC(C)(C)OC(=O)N1CCCCC1C(=O)NCc1cccc(Cl)c1. The van der Waals surface area contributed by atoms with Gasteiger partial charge in [0.15, 0.2) is 0 Å². The molecule has 1 N–H and O–H groups in total. The number of carbonyl (C=O) groups excluding carboxylic acids is 2. The van der Waals surface area contributed by atoms with Crippen LogP contribution in [0, 0.1) is 0 Å². The summed E-state index contributed by atoms with van der Waals surface area (Å²) < 4.78 is 5.43. The Hall–Kier alpha value is -1.75. The molecule has 2 amide bonds. The molecule has 1 fully saturated rings. The maximum absolute atomic E-state index is 12.5. The Bertz CT molecular complexity index is 598. The van der Waals surface area contributed by atoms with E-state index in [1.807, 2.05) is 39.0 Å². The third-order valence-electron chi connectivity index (χ3n) is 3.79. The van der Waals surface area contributed by atoms with E-state index < -0.39 is 17.7 Å². The Kier molecular flexibility index (Phi) is 6.10. The van der Waals surface area contributed by atoms with Crippen molar-refractivity contribution in [1.82, 2.24) is 10.2 Å². The molecule has 2 rings (SSSR count). The number of piperidine rings is 1. The van der Waals surface area contributed by atoms with Crippen molar-refractivity contribution in [3.05, 3.63) is 34.9 Å². The molecule has 1 heterocycles. The normalized spacial score (nSPS) is 18.2. The number of halogens is 1. The monoisotopic (exact) mass is 352 g/mol. The second kappa shape index (κ2) is 7.88. The average Bonchev–Trinajstić information content (AvgIpc) is 2.51. The molecule has 0 spiro atoms. The Morgan fingerprint density at radius 1 is 1.33 bits per heavy atom. The zero-order chi connectivity index (χ0) is 17.7. The van der Waals surface area contributed by atoms with Gasteiger partial charge in [0.25, 0.3) is 0 Å². The summed E-state index contributed by atoms with van der Waals surface area (Å²) in [6.45, 7) is 6.40. The minimum absolute atomic E-state index is 0.152. The summed E-state index contributed by atoms with van der Waals surface area (Å²) in [5.74, 6) is -0.152. The van der Waals surface area contributed by atoms with Crippen LogP contribution >= 0.6 is 11.6 Å². The van der Waals surface area contributed by atoms with Crippen LogP contribution in [0.4, 0.5) is 4.79 Å². The van der Waals surface area contributed by atoms with Gasteiger partial charge in [-0.05, 0) is 57.7 Å². The van der Waals surface area contributed by atoms with Crippen molar-refractivity contribution in [2.45, 2.75) is 58.2 Å². The number of likely N-dealkylation sites (tertiary alicyclic amines) is 1.